The first kappa shape index (κ1) is 20.5. The van der Waals surface area contributed by atoms with E-state index in [1.807, 2.05) is 26.0 Å². The Morgan fingerprint density at radius 2 is 1.78 bits per heavy atom. The van der Waals surface area contributed by atoms with Crippen molar-refractivity contribution in [3.8, 4) is 5.75 Å². The maximum absolute atomic E-state index is 12.7. The van der Waals surface area contributed by atoms with Crippen molar-refractivity contribution < 1.29 is 19.1 Å². The van der Waals surface area contributed by atoms with Gasteiger partial charge < -0.3 is 20.1 Å². The normalized spacial score (nSPS) is 10.3. The van der Waals surface area contributed by atoms with Gasteiger partial charge in [-0.1, -0.05) is 25.1 Å². The minimum atomic E-state index is -0.279. The van der Waals surface area contributed by atoms with Crippen molar-refractivity contribution in [2.75, 3.05) is 30.5 Å². The fourth-order valence-electron chi connectivity index (χ4n) is 2.41. The minimum absolute atomic E-state index is 0.0744. The molecule has 2 rings (SSSR count). The summed E-state index contributed by atoms with van der Waals surface area (Å²) in [5.41, 5.74) is 2.64. The largest absolute Gasteiger partial charge is 0.490 e. The predicted octanol–water partition coefficient (Wildman–Crippen LogP) is 4.01. The Kier molecular flexibility index (Phi) is 7.82. The van der Waals surface area contributed by atoms with Crippen molar-refractivity contribution in [3.63, 3.8) is 0 Å². The van der Waals surface area contributed by atoms with Crippen LogP contribution in [0.1, 0.15) is 36.2 Å². The molecule has 2 N–H and O–H groups in total. The molecule has 0 aliphatic heterocycles. The summed E-state index contributed by atoms with van der Waals surface area (Å²) in [6.07, 6.45) is 0.391. The molecular formula is C21H26N2O4. The second-order valence-electron chi connectivity index (χ2n) is 5.93. The number of para-hydroxylation sites is 1. The lowest BCUT2D eigenvalue weighted by Gasteiger charge is -2.13. The monoisotopic (exact) mass is 370 g/mol. The lowest BCUT2D eigenvalue weighted by Crippen LogP contribution is -2.16. The molecule has 0 aliphatic carbocycles. The van der Waals surface area contributed by atoms with Crippen LogP contribution in [0.2, 0.25) is 0 Å². The van der Waals surface area contributed by atoms with Gasteiger partial charge in [0.2, 0.25) is 5.91 Å². The Labute approximate surface area is 159 Å². The first-order valence-corrected chi connectivity index (χ1v) is 9.06. The van der Waals surface area contributed by atoms with Crippen molar-refractivity contribution in [2.45, 2.75) is 27.2 Å². The van der Waals surface area contributed by atoms with Crippen molar-refractivity contribution >= 4 is 23.2 Å². The van der Waals surface area contributed by atoms with Crippen LogP contribution < -0.4 is 15.4 Å². The highest BCUT2D eigenvalue weighted by molar-refractivity contribution is 6.06. The van der Waals surface area contributed by atoms with E-state index >= 15 is 0 Å². The zero-order valence-electron chi connectivity index (χ0n) is 16.0. The van der Waals surface area contributed by atoms with Gasteiger partial charge in [0.05, 0.1) is 12.2 Å². The molecule has 2 aromatic carbocycles. The fourth-order valence-corrected chi connectivity index (χ4v) is 2.41. The van der Waals surface area contributed by atoms with E-state index in [-0.39, 0.29) is 11.8 Å². The number of aryl methyl sites for hydroxylation is 1. The van der Waals surface area contributed by atoms with Crippen LogP contribution in [0.5, 0.6) is 5.75 Å². The van der Waals surface area contributed by atoms with Gasteiger partial charge in [0, 0.05) is 24.4 Å². The molecule has 2 amide bonds. The molecule has 6 heteroatoms. The van der Waals surface area contributed by atoms with Gasteiger partial charge in [-0.3, -0.25) is 9.59 Å². The van der Waals surface area contributed by atoms with Gasteiger partial charge in [-0.15, -0.1) is 0 Å². The Bertz CT molecular complexity index is 790. The van der Waals surface area contributed by atoms with Crippen molar-refractivity contribution in [1.29, 1.82) is 0 Å². The lowest BCUT2D eigenvalue weighted by molar-refractivity contribution is -0.115. The quantitative estimate of drug-likeness (QED) is 0.654. The van der Waals surface area contributed by atoms with E-state index in [0.29, 0.717) is 48.9 Å². The Morgan fingerprint density at radius 3 is 2.52 bits per heavy atom. The summed E-state index contributed by atoms with van der Waals surface area (Å²) < 4.78 is 10.9. The van der Waals surface area contributed by atoms with Gasteiger partial charge in [0.25, 0.3) is 5.91 Å². The van der Waals surface area contributed by atoms with Gasteiger partial charge >= 0.3 is 0 Å². The second kappa shape index (κ2) is 10.3. The first-order valence-electron chi connectivity index (χ1n) is 9.06. The molecule has 0 fully saturated rings. The number of hydrogen-bond donors (Lipinski definition) is 2. The second-order valence-corrected chi connectivity index (χ2v) is 5.93. The molecule has 0 spiro atoms. The standard InChI is InChI=1S/C21H26N2O4/c1-4-20(24)23-18-14-16(11-10-15(18)3)22-21(25)17-8-6-7-9-19(17)27-13-12-26-5-2/h6-11,14H,4-5,12-13H2,1-3H3,(H,22,25)(H,23,24). The smallest absolute Gasteiger partial charge is 0.259 e. The van der Waals surface area contributed by atoms with Crippen molar-refractivity contribution in [2.24, 2.45) is 0 Å². The summed E-state index contributed by atoms with van der Waals surface area (Å²) in [7, 11) is 0. The molecule has 0 radical (unpaired) electrons. The van der Waals surface area contributed by atoms with E-state index < -0.39 is 0 Å². The van der Waals surface area contributed by atoms with E-state index in [4.69, 9.17) is 9.47 Å². The average Bonchev–Trinajstić information content (AvgIpc) is 2.68. The molecule has 0 unspecified atom stereocenters. The van der Waals surface area contributed by atoms with Crippen molar-refractivity contribution in [3.05, 3.63) is 53.6 Å². The number of amides is 2. The summed E-state index contributed by atoms with van der Waals surface area (Å²) in [6, 6.07) is 12.5. The average molecular weight is 370 g/mol. The number of rotatable bonds is 9. The van der Waals surface area contributed by atoms with E-state index in [2.05, 4.69) is 10.6 Å². The third-order valence-corrected chi connectivity index (χ3v) is 3.91. The number of carbonyl (C=O) groups excluding carboxylic acids is 2. The Balaban J connectivity index is 2.11. The van der Waals surface area contributed by atoms with Crippen LogP contribution >= 0.6 is 0 Å². The van der Waals surface area contributed by atoms with Crippen LogP contribution in [0.4, 0.5) is 11.4 Å². The topological polar surface area (TPSA) is 76.7 Å². The molecule has 0 atom stereocenters. The van der Waals surface area contributed by atoms with Crippen LogP contribution in [0.3, 0.4) is 0 Å². The highest BCUT2D eigenvalue weighted by Gasteiger charge is 2.13. The third-order valence-electron chi connectivity index (χ3n) is 3.91. The molecule has 0 aliphatic rings. The molecule has 0 saturated heterocycles. The molecule has 27 heavy (non-hydrogen) atoms. The molecule has 6 nitrogen and oxygen atoms in total. The minimum Gasteiger partial charge on any atom is -0.490 e. The van der Waals surface area contributed by atoms with Gasteiger partial charge in [-0.2, -0.15) is 0 Å². The molecule has 0 heterocycles. The first-order chi connectivity index (χ1) is 13.0. The van der Waals surface area contributed by atoms with Gasteiger partial charge in [0.15, 0.2) is 0 Å². The summed E-state index contributed by atoms with van der Waals surface area (Å²) in [6.45, 7) is 7.06. The van der Waals surface area contributed by atoms with E-state index in [0.717, 1.165) is 5.56 Å². The van der Waals surface area contributed by atoms with Crippen LogP contribution in [0.15, 0.2) is 42.5 Å². The lowest BCUT2D eigenvalue weighted by atomic mass is 10.1. The number of anilines is 2. The maximum Gasteiger partial charge on any atom is 0.259 e. The molecule has 2 aromatic rings. The number of nitrogens with one attached hydrogen (secondary N) is 2. The van der Waals surface area contributed by atoms with Gasteiger partial charge in [-0.25, -0.2) is 0 Å². The fraction of sp³-hybridized carbons (Fsp3) is 0.333. The van der Waals surface area contributed by atoms with Crippen molar-refractivity contribution in [1.82, 2.24) is 0 Å². The molecule has 0 aromatic heterocycles. The zero-order valence-corrected chi connectivity index (χ0v) is 16.0. The summed E-state index contributed by atoms with van der Waals surface area (Å²) in [4.78, 5) is 24.3. The highest BCUT2D eigenvalue weighted by atomic mass is 16.5. The predicted molar refractivity (Wildman–Crippen MR) is 106 cm³/mol. The summed E-state index contributed by atoms with van der Waals surface area (Å²) >= 11 is 0. The molecular weight excluding hydrogens is 344 g/mol. The van der Waals surface area contributed by atoms with E-state index in [1.165, 1.54) is 0 Å². The molecule has 0 saturated carbocycles. The van der Waals surface area contributed by atoms with Gasteiger partial charge in [0.1, 0.15) is 12.4 Å². The number of carbonyl (C=O) groups is 2. The summed E-state index contributed by atoms with van der Waals surface area (Å²) in [5.74, 6) is 0.148. The van der Waals surface area contributed by atoms with Crippen LogP contribution in [-0.4, -0.2) is 31.6 Å². The molecule has 0 bridgehead atoms. The van der Waals surface area contributed by atoms with E-state index in [1.54, 1.807) is 37.3 Å². The highest BCUT2D eigenvalue weighted by Crippen LogP contribution is 2.23. The van der Waals surface area contributed by atoms with Gasteiger partial charge in [-0.05, 0) is 43.7 Å². The molecule has 144 valence electrons. The van der Waals surface area contributed by atoms with Crippen LogP contribution in [-0.2, 0) is 9.53 Å². The Hall–Kier alpha value is -2.86. The van der Waals surface area contributed by atoms with E-state index in [9.17, 15) is 9.59 Å². The van der Waals surface area contributed by atoms with Crippen LogP contribution in [0.25, 0.3) is 0 Å². The zero-order chi connectivity index (χ0) is 19.6. The number of hydrogen-bond acceptors (Lipinski definition) is 4. The Morgan fingerprint density at radius 1 is 1.00 bits per heavy atom. The maximum atomic E-state index is 12.7. The number of ether oxygens (including phenoxy) is 2. The number of benzene rings is 2. The summed E-state index contributed by atoms with van der Waals surface area (Å²) in [5, 5.41) is 5.69. The SMILES string of the molecule is CCOCCOc1ccccc1C(=O)Nc1ccc(C)c(NC(=O)CC)c1. The third kappa shape index (κ3) is 6.11. The van der Waals surface area contributed by atoms with Crippen LogP contribution in [0, 0.1) is 6.92 Å².